The number of pyridine rings is 1. The maximum atomic E-state index is 12.6. The highest BCUT2D eigenvalue weighted by Gasteiger charge is 2.18. The molecule has 3 N–H and O–H groups in total. The number of amides is 2. The van der Waals surface area contributed by atoms with Crippen molar-refractivity contribution in [1.82, 2.24) is 30.5 Å². The fourth-order valence-electron chi connectivity index (χ4n) is 2.72. The van der Waals surface area contributed by atoms with Crippen LogP contribution in [0.25, 0.3) is 11.4 Å². The molecular weight excluding hydrogens is 404 g/mol. The number of aromatic nitrogens is 5. The number of anilines is 3. The number of hydrogen-bond acceptors (Lipinski definition) is 9. The summed E-state index contributed by atoms with van der Waals surface area (Å²) in [5.41, 5.74) is 0.985. The van der Waals surface area contributed by atoms with Gasteiger partial charge in [0.2, 0.25) is 5.82 Å². The zero-order chi connectivity index (χ0) is 24.9. The van der Waals surface area contributed by atoms with Crippen LogP contribution in [-0.4, -0.2) is 57.9 Å². The summed E-state index contributed by atoms with van der Waals surface area (Å²) < 4.78 is 32.3. The van der Waals surface area contributed by atoms with Gasteiger partial charge in [0.1, 0.15) is 5.82 Å². The number of para-hydroxylation sites is 1. The van der Waals surface area contributed by atoms with Crippen molar-refractivity contribution >= 4 is 29.2 Å². The van der Waals surface area contributed by atoms with E-state index in [1.54, 1.807) is 32.2 Å². The minimum atomic E-state index is -2.72. The zero-order valence-electron chi connectivity index (χ0n) is 20.0. The molecule has 0 unspecified atom stereocenters. The molecule has 12 nitrogen and oxygen atoms in total. The summed E-state index contributed by atoms with van der Waals surface area (Å²) in [4.78, 5) is 29.7. The number of carbonyl (C=O) groups is 2. The molecule has 0 saturated heterocycles. The van der Waals surface area contributed by atoms with E-state index in [1.165, 1.54) is 18.0 Å². The number of nitrogens with zero attached hydrogens (tertiary/aromatic N) is 5. The molecule has 162 valence electrons. The monoisotopic (exact) mass is 429 g/mol. The molecule has 0 aliphatic heterocycles. The molecule has 3 aromatic rings. The Morgan fingerprint density at radius 2 is 2.13 bits per heavy atom. The lowest BCUT2D eigenvalue weighted by molar-refractivity contribution is 0.0963. The average Bonchev–Trinajstić information content (AvgIpc) is 3.18. The van der Waals surface area contributed by atoms with Crippen molar-refractivity contribution in [2.45, 2.75) is 6.92 Å². The van der Waals surface area contributed by atoms with Crippen molar-refractivity contribution in [3.05, 3.63) is 36.0 Å². The minimum absolute atomic E-state index is 0.0668. The molecule has 31 heavy (non-hydrogen) atoms. The molecule has 0 saturated carbocycles. The lowest BCUT2D eigenvalue weighted by atomic mass is 10.1. The van der Waals surface area contributed by atoms with Crippen molar-refractivity contribution in [3.8, 4) is 17.1 Å². The first-order chi connectivity index (χ1) is 16.1. The Morgan fingerprint density at radius 3 is 2.81 bits per heavy atom. The van der Waals surface area contributed by atoms with Gasteiger partial charge in [-0.3, -0.25) is 10.1 Å². The lowest BCUT2D eigenvalue weighted by Gasteiger charge is -2.16. The molecule has 0 aliphatic rings. The van der Waals surface area contributed by atoms with E-state index in [4.69, 9.17) is 13.6 Å². The van der Waals surface area contributed by atoms with Gasteiger partial charge in [-0.25, -0.2) is 9.78 Å². The Hall–Kier alpha value is -4.22. The fourth-order valence-corrected chi connectivity index (χ4v) is 2.72. The second-order valence-corrected chi connectivity index (χ2v) is 6.03. The number of carbonyl (C=O) groups excluding carboxylic acids is 2. The van der Waals surface area contributed by atoms with E-state index in [9.17, 15) is 9.59 Å². The van der Waals surface area contributed by atoms with Gasteiger partial charge in [-0.1, -0.05) is 6.07 Å². The molecule has 2 amide bonds. The standard InChI is InChI=1S/C19H22N8O4/c1-5-31-19(29)23-15-9-14(12(10-21-15)18(28)20-2)22-13-8-6-7-11(16(13)30-4)17-24-26-27(3)25-17/h6-10H,5H2,1-4H3,(H,20,28)(H2,21,22,23,29)/i2D3. The first-order valence-electron chi connectivity index (χ1n) is 10.6. The Labute approximate surface area is 182 Å². The largest absolute Gasteiger partial charge is 0.494 e. The SMILES string of the molecule is [2H]C([2H])([2H])NC(=O)c1cnc(NC(=O)OCC)cc1Nc1cccc(-c2nnn(C)n2)c1OC. The van der Waals surface area contributed by atoms with Gasteiger partial charge in [0, 0.05) is 23.4 Å². The second-order valence-electron chi connectivity index (χ2n) is 6.03. The number of hydrogen-bond donors (Lipinski definition) is 3. The molecule has 2 heterocycles. The van der Waals surface area contributed by atoms with Crippen molar-refractivity contribution in [2.75, 3.05) is 31.3 Å². The van der Waals surface area contributed by atoms with Crippen LogP contribution in [0.15, 0.2) is 30.5 Å². The molecule has 12 heteroatoms. The number of tetrazole rings is 1. The third kappa shape index (κ3) is 4.86. The first kappa shape index (κ1) is 17.6. The molecule has 0 fully saturated rings. The van der Waals surface area contributed by atoms with Crippen LogP contribution in [0.4, 0.5) is 22.0 Å². The molecule has 1 aromatic carbocycles. The van der Waals surface area contributed by atoms with Gasteiger partial charge in [-0.2, -0.15) is 4.80 Å². The second kappa shape index (κ2) is 9.52. The van der Waals surface area contributed by atoms with E-state index in [0.29, 0.717) is 22.8 Å². The van der Waals surface area contributed by atoms with E-state index in [1.807, 2.05) is 5.32 Å². The molecule has 2 aromatic heterocycles. The fraction of sp³-hybridized carbons (Fsp3) is 0.263. The van der Waals surface area contributed by atoms with E-state index >= 15 is 0 Å². The third-order valence-electron chi connectivity index (χ3n) is 4.01. The molecule has 0 aliphatic carbocycles. The summed E-state index contributed by atoms with van der Waals surface area (Å²) in [7, 11) is 3.07. The van der Waals surface area contributed by atoms with Gasteiger partial charge in [-0.05, 0) is 24.3 Å². The normalized spacial score (nSPS) is 12.2. The number of methoxy groups -OCH3 is 1. The molecule has 0 spiro atoms. The van der Waals surface area contributed by atoms with Crippen molar-refractivity contribution < 1.29 is 23.2 Å². The van der Waals surface area contributed by atoms with Gasteiger partial charge < -0.3 is 20.1 Å². The van der Waals surface area contributed by atoms with Gasteiger partial charge in [-0.15, -0.1) is 10.2 Å². The van der Waals surface area contributed by atoms with Gasteiger partial charge in [0.05, 0.1) is 43.3 Å². The van der Waals surface area contributed by atoms with Crippen LogP contribution in [-0.2, 0) is 11.8 Å². The summed E-state index contributed by atoms with van der Waals surface area (Å²) in [6, 6.07) is 6.46. The predicted molar refractivity (Wildman–Crippen MR) is 112 cm³/mol. The Kier molecular flexibility index (Phi) is 5.41. The third-order valence-corrected chi connectivity index (χ3v) is 4.01. The van der Waals surface area contributed by atoms with Gasteiger partial charge in [0.25, 0.3) is 5.91 Å². The average molecular weight is 429 g/mol. The van der Waals surface area contributed by atoms with Crippen molar-refractivity contribution in [1.29, 1.82) is 0 Å². The van der Waals surface area contributed by atoms with E-state index in [-0.39, 0.29) is 23.7 Å². The summed E-state index contributed by atoms with van der Waals surface area (Å²) >= 11 is 0. The molecule has 0 atom stereocenters. The number of benzene rings is 1. The van der Waals surface area contributed by atoms with Crippen molar-refractivity contribution in [3.63, 3.8) is 0 Å². The van der Waals surface area contributed by atoms with Crippen LogP contribution < -0.4 is 20.7 Å². The Balaban J connectivity index is 2.04. The molecule has 0 radical (unpaired) electrons. The van der Waals surface area contributed by atoms with Crippen molar-refractivity contribution in [2.24, 2.45) is 7.05 Å². The summed E-state index contributed by atoms with van der Waals surface area (Å²) in [6.07, 6.45) is 0.389. The van der Waals surface area contributed by atoms with E-state index in [2.05, 4.69) is 31.0 Å². The highest BCUT2D eigenvalue weighted by Crippen LogP contribution is 2.37. The van der Waals surface area contributed by atoms with E-state index < -0.39 is 19.0 Å². The Bertz CT molecular complexity index is 1200. The minimum Gasteiger partial charge on any atom is -0.494 e. The Morgan fingerprint density at radius 1 is 1.29 bits per heavy atom. The number of aryl methyl sites for hydroxylation is 1. The summed E-state index contributed by atoms with van der Waals surface area (Å²) in [5.74, 6) is -0.183. The van der Waals surface area contributed by atoms with Crippen LogP contribution >= 0.6 is 0 Å². The number of ether oxygens (including phenoxy) is 2. The quantitative estimate of drug-likeness (QED) is 0.513. The summed E-state index contributed by atoms with van der Waals surface area (Å²) in [5, 5.41) is 19.4. The first-order valence-corrected chi connectivity index (χ1v) is 9.06. The molecular formula is C19H22N8O4. The highest BCUT2D eigenvalue weighted by molar-refractivity contribution is 6.01. The summed E-state index contributed by atoms with van der Waals surface area (Å²) in [6.45, 7) is -0.921. The smallest absolute Gasteiger partial charge is 0.412 e. The van der Waals surface area contributed by atoms with Crippen LogP contribution in [0.5, 0.6) is 5.75 Å². The maximum absolute atomic E-state index is 12.6. The highest BCUT2D eigenvalue weighted by atomic mass is 16.5. The zero-order valence-corrected chi connectivity index (χ0v) is 17.0. The van der Waals surface area contributed by atoms with Crippen LogP contribution in [0.2, 0.25) is 0 Å². The van der Waals surface area contributed by atoms with Gasteiger partial charge >= 0.3 is 6.09 Å². The van der Waals surface area contributed by atoms with Crippen LogP contribution in [0, 0.1) is 0 Å². The predicted octanol–water partition coefficient (Wildman–Crippen LogP) is 1.95. The lowest BCUT2D eigenvalue weighted by Crippen LogP contribution is -2.20. The van der Waals surface area contributed by atoms with E-state index in [0.717, 1.165) is 6.20 Å². The molecule has 3 rings (SSSR count). The maximum Gasteiger partial charge on any atom is 0.412 e. The molecule has 0 bridgehead atoms. The number of rotatable bonds is 7. The van der Waals surface area contributed by atoms with Gasteiger partial charge in [0.15, 0.2) is 5.75 Å². The van der Waals surface area contributed by atoms with Crippen LogP contribution in [0.3, 0.4) is 0 Å². The topological polar surface area (TPSA) is 145 Å². The number of nitrogens with one attached hydrogen (secondary N) is 3. The van der Waals surface area contributed by atoms with Crippen LogP contribution in [0.1, 0.15) is 21.4 Å².